The highest BCUT2D eigenvalue weighted by Crippen LogP contribution is 2.04. The number of nitrogens with zero attached hydrogens (tertiary/aromatic N) is 1. The molecule has 0 rings (SSSR count). The van der Waals surface area contributed by atoms with Gasteiger partial charge in [0.05, 0.1) is 12.0 Å². The van der Waals surface area contributed by atoms with Crippen molar-refractivity contribution < 1.29 is 4.74 Å². The summed E-state index contributed by atoms with van der Waals surface area (Å²) in [6.45, 7) is 5.61. The van der Waals surface area contributed by atoms with E-state index >= 15 is 0 Å². The molecule has 70 valence electrons. The summed E-state index contributed by atoms with van der Waals surface area (Å²) in [4.78, 5) is 0. The summed E-state index contributed by atoms with van der Waals surface area (Å²) >= 11 is 5.53. The van der Waals surface area contributed by atoms with Crippen LogP contribution in [-0.2, 0) is 4.74 Å². The van der Waals surface area contributed by atoms with Gasteiger partial charge < -0.3 is 4.74 Å². The van der Waals surface area contributed by atoms with E-state index in [1.54, 1.807) is 0 Å². The predicted octanol–water partition coefficient (Wildman–Crippen LogP) is 2.43. The zero-order chi connectivity index (χ0) is 9.40. The smallest absolute Gasteiger partial charge is 0.0669 e. The van der Waals surface area contributed by atoms with Crippen molar-refractivity contribution in [1.82, 2.24) is 0 Å². The van der Waals surface area contributed by atoms with Crippen molar-refractivity contribution >= 4 is 11.6 Å². The molecule has 2 nitrogen and oxygen atoms in total. The van der Waals surface area contributed by atoms with Gasteiger partial charge in [-0.15, -0.1) is 11.6 Å². The van der Waals surface area contributed by atoms with Crippen LogP contribution >= 0.6 is 11.6 Å². The Bertz CT molecular complexity index is 142. The standard InChI is InChI=1S/C9H16ClNO/c1-8(2)7-12-4-3-9(5-10)6-11/h8-9H,3-5,7H2,1-2H3. The van der Waals surface area contributed by atoms with Crippen molar-refractivity contribution in [3.8, 4) is 6.07 Å². The lowest BCUT2D eigenvalue weighted by molar-refractivity contribution is 0.103. The average molecular weight is 190 g/mol. The van der Waals surface area contributed by atoms with Crippen molar-refractivity contribution in [2.45, 2.75) is 20.3 Å². The minimum absolute atomic E-state index is 0.0566. The molecule has 0 heterocycles. The van der Waals surface area contributed by atoms with Gasteiger partial charge in [0, 0.05) is 19.1 Å². The Kier molecular flexibility index (Phi) is 7.23. The molecule has 0 saturated heterocycles. The molecule has 0 fully saturated rings. The monoisotopic (exact) mass is 189 g/mol. The molecule has 0 aromatic rings. The van der Waals surface area contributed by atoms with Gasteiger partial charge >= 0.3 is 0 Å². The van der Waals surface area contributed by atoms with Crippen LogP contribution in [0.4, 0.5) is 0 Å². The lowest BCUT2D eigenvalue weighted by Crippen LogP contribution is -2.08. The van der Waals surface area contributed by atoms with Crippen molar-refractivity contribution in [3.05, 3.63) is 0 Å². The Morgan fingerprint density at radius 3 is 2.58 bits per heavy atom. The maximum atomic E-state index is 8.54. The van der Waals surface area contributed by atoms with Gasteiger partial charge in [-0.1, -0.05) is 13.8 Å². The van der Waals surface area contributed by atoms with Crippen LogP contribution in [0, 0.1) is 23.2 Å². The van der Waals surface area contributed by atoms with Crippen molar-refractivity contribution in [2.24, 2.45) is 11.8 Å². The molecule has 0 amide bonds. The summed E-state index contributed by atoms with van der Waals surface area (Å²) in [5.41, 5.74) is 0. The van der Waals surface area contributed by atoms with E-state index in [4.69, 9.17) is 21.6 Å². The Morgan fingerprint density at radius 1 is 1.50 bits per heavy atom. The quantitative estimate of drug-likeness (QED) is 0.475. The number of halogens is 1. The Labute approximate surface area is 79.5 Å². The Hall–Kier alpha value is -0.260. The van der Waals surface area contributed by atoms with E-state index in [2.05, 4.69) is 19.9 Å². The fourth-order valence-corrected chi connectivity index (χ4v) is 0.944. The molecule has 0 bridgehead atoms. The summed E-state index contributed by atoms with van der Waals surface area (Å²) < 4.78 is 5.32. The highest BCUT2D eigenvalue weighted by atomic mass is 35.5. The van der Waals surface area contributed by atoms with Crippen LogP contribution in [0.25, 0.3) is 0 Å². The van der Waals surface area contributed by atoms with E-state index in [0.29, 0.717) is 18.4 Å². The Balaban J connectivity index is 3.25. The van der Waals surface area contributed by atoms with Gasteiger partial charge in [-0.3, -0.25) is 0 Å². The molecule has 0 spiro atoms. The van der Waals surface area contributed by atoms with E-state index < -0.39 is 0 Å². The van der Waals surface area contributed by atoms with Crippen LogP contribution < -0.4 is 0 Å². The topological polar surface area (TPSA) is 33.0 Å². The highest BCUT2D eigenvalue weighted by Gasteiger charge is 2.04. The second kappa shape index (κ2) is 7.39. The van der Waals surface area contributed by atoms with E-state index in [0.717, 1.165) is 13.0 Å². The molecule has 0 aromatic carbocycles. The van der Waals surface area contributed by atoms with Gasteiger partial charge in [0.1, 0.15) is 0 Å². The second-order valence-corrected chi connectivity index (χ2v) is 3.55. The van der Waals surface area contributed by atoms with Crippen LogP contribution in [0.2, 0.25) is 0 Å². The van der Waals surface area contributed by atoms with Crippen LogP contribution in [0.1, 0.15) is 20.3 Å². The maximum Gasteiger partial charge on any atom is 0.0669 e. The number of hydrogen-bond acceptors (Lipinski definition) is 2. The van der Waals surface area contributed by atoms with E-state index in [1.807, 2.05) is 0 Å². The molecule has 0 aromatic heterocycles. The molecule has 0 aliphatic rings. The van der Waals surface area contributed by atoms with Gasteiger partial charge in [-0.05, 0) is 12.3 Å². The average Bonchev–Trinajstić information content (AvgIpc) is 2.04. The Morgan fingerprint density at radius 2 is 2.17 bits per heavy atom. The van der Waals surface area contributed by atoms with Crippen LogP contribution in [0.5, 0.6) is 0 Å². The van der Waals surface area contributed by atoms with Gasteiger partial charge in [-0.25, -0.2) is 0 Å². The number of alkyl halides is 1. The first-order valence-corrected chi connectivity index (χ1v) is 4.77. The third-order valence-electron chi connectivity index (χ3n) is 1.43. The molecule has 12 heavy (non-hydrogen) atoms. The van der Waals surface area contributed by atoms with Crippen LogP contribution in [-0.4, -0.2) is 19.1 Å². The number of hydrogen-bond donors (Lipinski definition) is 0. The molecule has 1 atom stereocenters. The van der Waals surface area contributed by atoms with Crippen molar-refractivity contribution in [2.75, 3.05) is 19.1 Å². The molecular formula is C9H16ClNO. The second-order valence-electron chi connectivity index (χ2n) is 3.24. The molecule has 1 unspecified atom stereocenters. The molecule has 0 radical (unpaired) electrons. The molecular weight excluding hydrogens is 174 g/mol. The predicted molar refractivity (Wildman–Crippen MR) is 50.1 cm³/mol. The fraction of sp³-hybridized carbons (Fsp3) is 0.889. The summed E-state index contributed by atoms with van der Waals surface area (Å²) in [6, 6.07) is 2.13. The van der Waals surface area contributed by atoms with Crippen LogP contribution in [0.15, 0.2) is 0 Å². The third-order valence-corrected chi connectivity index (χ3v) is 1.80. The lowest BCUT2D eigenvalue weighted by atomic mass is 10.1. The largest absolute Gasteiger partial charge is 0.381 e. The van der Waals surface area contributed by atoms with Crippen molar-refractivity contribution in [3.63, 3.8) is 0 Å². The van der Waals surface area contributed by atoms with Gasteiger partial charge in [-0.2, -0.15) is 5.26 Å². The van der Waals surface area contributed by atoms with Gasteiger partial charge in [0.2, 0.25) is 0 Å². The van der Waals surface area contributed by atoms with Crippen LogP contribution in [0.3, 0.4) is 0 Å². The number of nitriles is 1. The third kappa shape index (κ3) is 6.45. The lowest BCUT2D eigenvalue weighted by Gasteiger charge is -2.07. The minimum atomic E-state index is -0.0566. The summed E-state index contributed by atoms with van der Waals surface area (Å²) in [7, 11) is 0. The van der Waals surface area contributed by atoms with Gasteiger partial charge in [0.15, 0.2) is 0 Å². The summed E-state index contributed by atoms with van der Waals surface area (Å²) in [5.74, 6) is 0.905. The molecule has 3 heteroatoms. The summed E-state index contributed by atoms with van der Waals surface area (Å²) in [5, 5.41) is 8.54. The number of rotatable bonds is 6. The first-order chi connectivity index (χ1) is 5.70. The summed E-state index contributed by atoms with van der Waals surface area (Å²) in [6.07, 6.45) is 0.743. The molecule has 0 aliphatic carbocycles. The SMILES string of the molecule is CC(C)COCCC(C#N)CCl. The zero-order valence-corrected chi connectivity index (χ0v) is 8.47. The van der Waals surface area contributed by atoms with E-state index in [1.165, 1.54) is 0 Å². The minimum Gasteiger partial charge on any atom is -0.381 e. The van der Waals surface area contributed by atoms with E-state index in [-0.39, 0.29) is 5.92 Å². The molecule has 0 saturated carbocycles. The maximum absolute atomic E-state index is 8.54. The zero-order valence-electron chi connectivity index (χ0n) is 7.72. The number of ether oxygens (including phenoxy) is 1. The van der Waals surface area contributed by atoms with Crippen molar-refractivity contribution in [1.29, 1.82) is 5.26 Å². The normalized spacial score (nSPS) is 12.9. The fourth-order valence-electron chi connectivity index (χ4n) is 0.721. The molecule has 0 aliphatic heterocycles. The van der Waals surface area contributed by atoms with Gasteiger partial charge in [0.25, 0.3) is 0 Å². The highest BCUT2D eigenvalue weighted by molar-refractivity contribution is 6.18. The first kappa shape index (κ1) is 11.7. The van der Waals surface area contributed by atoms with E-state index in [9.17, 15) is 0 Å². The molecule has 0 N–H and O–H groups in total. The first-order valence-electron chi connectivity index (χ1n) is 4.24.